The molecule has 0 radical (unpaired) electrons. The number of hydrogen-bond acceptors (Lipinski definition) is 15. The highest BCUT2D eigenvalue weighted by atomic mass is 31.1. The molecule has 15 nitrogen and oxygen atoms in total. The van der Waals surface area contributed by atoms with Gasteiger partial charge in [-0.05, 0) is 0 Å². The topological polar surface area (TPSA) is 278 Å². The van der Waals surface area contributed by atoms with Crippen LogP contribution in [0.25, 0.3) is 0 Å². The van der Waals surface area contributed by atoms with Crippen molar-refractivity contribution < 1.29 is 74.9 Å². The van der Waals surface area contributed by atoms with Crippen LogP contribution in [-0.4, -0.2) is 136 Å². The summed E-state index contributed by atoms with van der Waals surface area (Å²) in [4.78, 5) is 0. The fraction of sp³-hybridized carbons (Fsp3) is 1.00. The van der Waals surface area contributed by atoms with Crippen LogP contribution >= 0.6 is 8.25 Å². The summed E-state index contributed by atoms with van der Waals surface area (Å²) in [6.07, 6.45) is -22.2. The van der Waals surface area contributed by atoms with Crippen molar-refractivity contribution in [3.8, 4) is 0 Å². The summed E-state index contributed by atoms with van der Waals surface area (Å²) in [6, 6.07) is 0. The predicted molar refractivity (Wildman–Crippen MR) is 85.4 cm³/mol. The summed E-state index contributed by atoms with van der Waals surface area (Å²) in [5, 5.41) is 111. The molecule has 0 aliphatic carbocycles. The second kappa shape index (κ2) is 13.1. The Morgan fingerprint density at radius 1 is 0.536 bits per heavy atom. The lowest BCUT2D eigenvalue weighted by Gasteiger charge is -2.29. The van der Waals surface area contributed by atoms with Crippen molar-refractivity contribution in [3.05, 3.63) is 0 Å². The van der Waals surface area contributed by atoms with E-state index in [2.05, 4.69) is 9.05 Å². The van der Waals surface area contributed by atoms with Gasteiger partial charge in [-0.3, -0.25) is 13.6 Å². The largest absolute Gasteiger partial charge is 0.394 e. The van der Waals surface area contributed by atoms with E-state index in [1.54, 1.807) is 0 Å². The molecule has 0 aromatic heterocycles. The van der Waals surface area contributed by atoms with Crippen LogP contribution in [0.2, 0.25) is 0 Å². The third-order valence-electron chi connectivity index (χ3n) is 3.58. The van der Waals surface area contributed by atoms with Gasteiger partial charge in [0.1, 0.15) is 48.8 Å². The zero-order valence-electron chi connectivity index (χ0n) is 14.3. The standard InChI is InChI=1S/C12H27O15P/c13-1-3(15)5(17)7(19)9(21)11(23)26-28(25)27-12(24)10(22)8(20)6(18)4(16)2-14/h3-24,28H,1-2H2/t3-,4-,5-,6-,7+,8+,9-,10-,11?,12?/m1/s1. The highest BCUT2D eigenvalue weighted by Crippen LogP contribution is 2.30. The van der Waals surface area contributed by atoms with Crippen LogP contribution in [0.1, 0.15) is 0 Å². The van der Waals surface area contributed by atoms with E-state index in [1.165, 1.54) is 0 Å². The van der Waals surface area contributed by atoms with Crippen LogP contribution in [-0.2, 0) is 13.6 Å². The summed E-state index contributed by atoms with van der Waals surface area (Å²) in [5.41, 5.74) is 0. The number of aliphatic hydroxyl groups is 12. The Labute approximate surface area is 158 Å². The molecule has 12 N–H and O–H groups in total. The first-order chi connectivity index (χ1) is 12.9. The molecule has 0 saturated carbocycles. The molecule has 16 heteroatoms. The monoisotopic (exact) mass is 442 g/mol. The van der Waals surface area contributed by atoms with Gasteiger partial charge in [0.15, 0.2) is 12.6 Å². The number of aliphatic hydroxyl groups excluding tert-OH is 12. The molecule has 0 saturated heterocycles. The Morgan fingerprint density at radius 3 is 1.07 bits per heavy atom. The van der Waals surface area contributed by atoms with Crippen LogP contribution in [0.4, 0.5) is 0 Å². The first-order valence-electron chi connectivity index (χ1n) is 7.78. The maximum absolute atomic E-state index is 11.6. The lowest BCUT2D eigenvalue weighted by atomic mass is 10.0. The molecule has 28 heavy (non-hydrogen) atoms. The molecule has 0 spiro atoms. The van der Waals surface area contributed by atoms with Crippen LogP contribution < -0.4 is 0 Å². The Morgan fingerprint density at radius 2 is 0.821 bits per heavy atom. The van der Waals surface area contributed by atoms with Gasteiger partial charge in [0.25, 0.3) is 0 Å². The van der Waals surface area contributed by atoms with E-state index in [4.69, 9.17) is 20.4 Å². The molecule has 0 aromatic rings. The third kappa shape index (κ3) is 8.19. The lowest BCUT2D eigenvalue weighted by Crippen LogP contribution is -2.50. The molecule has 10 atom stereocenters. The lowest BCUT2D eigenvalue weighted by molar-refractivity contribution is -0.196. The SMILES string of the molecule is O=[PH](OC(O)[C@H](O)[C@@H](O)[C@H](O)[C@H](O)CO)OC(O)[C@H](O)[C@@H](O)[C@H](O)[C@H](O)CO. The summed E-state index contributed by atoms with van der Waals surface area (Å²) in [7, 11) is -3.92. The minimum absolute atomic E-state index is 0.995. The number of hydrogen-bond donors (Lipinski definition) is 12. The molecule has 0 heterocycles. The van der Waals surface area contributed by atoms with Crippen LogP contribution in [0, 0.1) is 0 Å². The molecule has 0 bridgehead atoms. The van der Waals surface area contributed by atoms with E-state index in [0.29, 0.717) is 0 Å². The Kier molecular flexibility index (Phi) is 12.9. The van der Waals surface area contributed by atoms with Gasteiger partial charge in [0.2, 0.25) is 0 Å². The smallest absolute Gasteiger partial charge is 0.323 e. The van der Waals surface area contributed by atoms with Gasteiger partial charge in [0, 0.05) is 0 Å². The summed E-state index contributed by atoms with van der Waals surface area (Å²) >= 11 is 0. The summed E-state index contributed by atoms with van der Waals surface area (Å²) in [6.45, 7) is -1.99. The molecular weight excluding hydrogens is 415 g/mol. The maximum atomic E-state index is 11.6. The van der Waals surface area contributed by atoms with E-state index in [0.717, 1.165) is 0 Å². The van der Waals surface area contributed by atoms with Gasteiger partial charge in [-0.1, -0.05) is 0 Å². The fourth-order valence-corrected chi connectivity index (χ4v) is 2.51. The zero-order valence-corrected chi connectivity index (χ0v) is 15.3. The molecule has 0 amide bonds. The second-order valence-electron chi connectivity index (χ2n) is 5.71. The van der Waals surface area contributed by atoms with Crippen LogP contribution in [0.5, 0.6) is 0 Å². The fourth-order valence-electron chi connectivity index (χ4n) is 1.78. The van der Waals surface area contributed by atoms with Gasteiger partial charge >= 0.3 is 8.25 Å². The first kappa shape index (κ1) is 27.7. The highest BCUT2D eigenvalue weighted by molar-refractivity contribution is 7.33. The van der Waals surface area contributed by atoms with Gasteiger partial charge in [-0.2, -0.15) is 0 Å². The normalized spacial score (nSPS) is 24.3. The van der Waals surface area contributed by atoms with Crippen molar-refractivity contribution in [1.29, 1.82) is 0 Å². The van der Waals surface area contributed by atoms with E-state index < -0.39 is 82.9 Å². The van der Waals surface area contributed by atoms with E-state index in [1.807, 2.05) is 0 Å². The Hall–Kier alpha value is -0.330. The minimum Gasteiger partial charge on any atom is -0.394 e. The molecule has 170 valence electrons. The van der Waals surface area contributed by atoms with Gasteiger partial charge in [-0.15, -0.1) is 0 Å². The van der Waals surface area contributed by atoms with E-state index in [9.17, 15) is 45.4 Å². The summed E-state index contributed by atoms with van der Waals surface area (Å²) in [5.74, 6) is 0. The van der Waals surface area contributed by atoms with Gasteiger partial charge in [-0.25, -0.2) is 0 Å². The van der Waals surface area contributed by atoms with Crippen LogP contribution in [0.3, 0.4) is 0 Å². The van der Waals surface area contributed by atoms with Gasteiger partial charge in [0.05, 0.1) is 13.2 Å². The van der Waals surface area contributed by atoms with Crippen molar-refractivity contribution in [3.63, 3.8) is 0 Å². The quantitative estimate of drug-likeness (QED) is 0.0879. The van der Waals surface area contributed by atoms with Crippen molar-refractivity contribution in [2.24, 2.45) is 0 Å². The van der Waals surface area contributed by atoms with Crippen molar-refractivity contribution in [2.45, 2.75) is 61.4 Å². The maximum Gasteiger partial charge on any atom is 0.323 e. The molecule has 0 aromatic carbocycles. The molecule has 0 aliphatic heterocycles. The van der Waals surface area contributed by atoms with E-state index in [-0.39, 0.29) is 0 Å². The second-order valence-corrected chi connectivity index (χ2v) is 6.68. The summed E-state index contributed by atoms with van der Waals surface area (Å²) < 4.78 is 20.0. The third-order valence-corrected chi connectivity index (χ3v) is 4.45. The molecule has 0 fully saturated rings. The Bertz CT molecular complexity index is 417. The highest BCUT2D eigenvalue weighted by Gasteiger charge is 2.38. The van der Waals surface area contributed by atoms with Gasteiger partial charge < -0.3 is 61.3 Å². The minimum atomic E-state index is -3.92. The molecule has 2 unspecified atom stereocenters. The molecular formula is C12H27O15P. The average Bonchev–Trinajstić information content (AvgIpc) is 2.68. The van der Waals surface area contributed by atoms with Crippen LogP contribution in [0.15, 0.2) is 0 Å². The van der Waals surface area contributed by atoms with Crippen molar-refractivity contribution >= 4 is 8.25 Å². The average molecular weight is 442 g/mol. The first-order valence-corrected chi connectivity index (χ1v) is 9.01. The molecule has 0 rings (SSSR count). The van der Waals surface area contributed by atoms with E-state index >= 15 is 0 Å². The zero-order chi connectivity index (χ0) is 22.2. The van der Waals surface area contributed by atoms with Crippen molar-refractivity contribution in [2.75, 3.05) is 13.2 Å². The number of rotatable bonds is 14. The molecule has 0 aliphatic rings. The van der Waals surface area contributed by atoms with Crippen molar-refractivity contribution in [1.82, 2.24) is 0 Å². The Balaban J connectivity index is 4.70. The predicted octanol–water partition coefficient (Wildman–Crippen LogP) is -7.08.